The highest BCUT2D eigenvalue weighted by molar-refractivity contribution is 6.29. The van der Waals surface area contributed by atoms with Crippen LogP contribution in [0.5, 0.6) is 0 Å². The molecule has 0 amide bonds. The van der Waals surface area contributed by atoms with Crippen molar-refractivity contribution in [3.63, 3.8) is 0 Å². The minimum atomic E-state index is -0.551. The van der Waals surface area contributed by atoms with Crippen molar-refractivity contribution in [1.29, 1.82) is 0 Å². The van der Waals surface area contributed by atoms with Gasteiger partial charge in [-0.25, -0.2) is 9.78 Å². The first-order chi connectivity index (χ1) is 12.2. The molecule has 3 rings (SSSR count). The average Bonchev–Trinajstić information content (AvgIpc) is 3.03. The molecule has 1 saturated heterocycles. The largest absolute Gasteiger partial charge is 0.456 e. The van der Waals surface area contributed by atoms with E-state index in [9.17, 15) is 4.79 Å². The summed E-state index contributed by atoms with van der Waals surface area (Å²) in [7, 11) is 0. The Labute approximate surface area is 160 Å². The van der Waals surface area contributed by atoms with Crippen LogP contribution >= 0.6 is 11.6 Å². The number of anilines is 1. The van der Waals surface area contributed by atoms with Crippen molar-refractivity contribution in [3.05, 3.63) is 58.2 Å². The van der Waals surface area contributed by atoms with Gasteiger partial charge in [-0.05, 0) is 58.2 Å². The molecule has 4 nitrogen and oxygen atoms in total. The van der Waals surface area contributed by atoms with Crippen LogP contribution in [0.3, 0.4) is 0 Å². The molecule has 1 atom stereocenters. The van der Waals surface area contributed by atoms with E-state index in [1.807, 2.05) is 20.8 Å². The van der Waals surface area contributed by atoms with E-state index in [0.29, 0.717) is 10.7 Å². The van der Waals surface area contributed by atoms with Gasteiger partial charge >= 0.3 is 5.97 Å². The van der Waals surface area contributed by atoms with Crippen LogP contribution in [-0.4, -0.2) is 23.1 Å². The van der Waals surface area contributed by atoms with Crippen LogP contribution in [0.15, 0.2) is 36.4 Å². The van der Waals surface area contributed by atoms with E-state index in [1.165, 1.54) is 11.1 Å². The van der Waals surface area contributed by atoms with Gasteiger partial charge in [-0.2, -0.15) is 0 Å². The van der Waals surface area contributed by atoms with Gasteiger partial charge in [-0.3, -0.25) is 0 Å². The number of aryl methyl sites for hydroxylation is 1. The Morgan fingerprint density at radius 3 is 2.58 bits per heavy atom. The van der Waals surface area contributed by atoms with E-state index in [-0.39, 0.29) is 12.0 Å². The van der Waals surface area contributed by atoms with Crippen molar-refractivity contribution in [2.24, 2.45) is 0 Å². The SMILES string of the molecule is Cc1ccc([C@@H]2CCCN2c2cc(C(=O)OC(C)(C)C)cc(Cl)n2)cc1. The summed E-state index contributed by atoms with van der Waals surface area (Å²) >= 11 is 6.21. The maximum Gasteiger partial charge on any atom is 0.338 e. The molecule has 1 fully saturated rings. The summed E-state index contributed by atoms with van der Waals surface area (Å²) in [6.45, 7) is 8.52. The fraction of sp³-hybridized carbons (Fsp3) is 0.429. The highest BCUT2D eigenvalue weighted by Crippen LogP contribution is 2.36. The lowest BCUT2D eigenvalue weighted by molar-refractivity contribution is 0.00694. The van der Waals surface area contributed by atoms with Gasteiger partial charge in [0.1, 0.15) is 16.6 Å². The van der Waals surface area contributed by atoms with E-state index in [0.717, 1.165) is 25.2 Å². The number of halogens is 1. The Hall–Kier alpha value is -2.07. The van der Waals surface area contributed by atoms with Crippen LogP contribution in [0.2, 0.25) is 5.15 Å². The lowest BCUT2D eigenvalue weighted by Gasteiger charge is -2.27. The number of esters is 1. The zero-order chi connectivity index (χ0) is 18.9. The lowest BCUT2D eigenvalue weighted by atomic mass is 10.0. The molecule has 0 unspecified atom stereocenters. The van der Waals surface area contributed by atoms with Gasteiger partial charge < -0.3 is 9.64 Å². The van der Waals surface area contributed by atoms with Gasteiger partial charge in [0.2, 0.25) is 0 Å². The first-order valence-electron chi connectivity index (χ1n) is 8.97. The molecule has 0 saturated carbocycles. The topological polar surface area (TPSA) is 42.4 Å². The first-order valence-corrected chi connectivity index (χ1v) is 9.35. The zero-order valence-corrected chi connectivity index (χ0v) is 16.5. The summed E-state index contributed by atoms with van der Waals surface area (Å²) in [6.07, 6.45) is 2.13. The fourth-order valence-electron chi connectivity index (χ4n) is 3.26. The quantitative estimate of drug-likeness (QED) is 0.538. The first kappa shape index (κ1) is 18.7. The molecule has 1 aliphatic rings. The molecule has 0 bridgehead atoms. The van der Waals surface area contributed by atoms with Gasteiger partial charge in [0, 0.05) is 6.54 Å². The number of ether oxygens (including phenoxy) is 1. The Morgan fingerprint density at radius 2 is 1.92 bits per heavy atom. The summed E-state index contributed by atoms with van der Waals surface area (Å²) in [4.78, 5) is 19.1. The molecular weight excluding hydrogens is 348 g/mol. The number of rotatable bonds is 3. The van der Waals surface area contributed by atoms with Crippen molar-refractivity contribution >= 4 is 23.4 Å². The number of nitrogens with zero attached hydrogens (tertiary/aromatic N) is 2. The maximum atomic E-state index is 12.4. The number of carbonyl (C=O) groups excluding carboxylic acids is 1. The Morgan fingerprint density at radius 1 is 1.23 bits per heavy atom. The molecule has 1 aromatic heterocycles. The van der Waals surface area contributed by atoms with Gasteiger partial charge in [-0.15, -0.1) is 0 Å². The minimum Gasteiger partial charge on any atom is -0.456 e. The van der Waals surface area contributed by atoms with Gasteiger partial charge in [0.15, 0.2) is 0 Å². The smallest absolute Gasteiger partial charge is 0.338 e. The average molecular weight is 373 g/mol. The number of carbonyl (C=O) groups is 1. The predicted octanol–water partition coefficient (Wildman–Crippen LogP) is 5.34. The molecule has 1 aromatic carbocycles. The van der Waals surface area contributed by atoms with Crippen molar-refractivity contribution in [3.8, 4) is 0 Å². The second-order valence-corrected chi connectivity index (χ2v) is 8.19. The predicted molar refractivity (Wildman–Crippen MR) is 105 cm³/mol. The van der Waals surface area contributed by atoms with Crippen LogP contribution in [-0.2, 0) is 4.74 Å². The summed E-state index contributed by atoms with van der Waals surface area (Å²) < 4.78 is 5.48. The summed E-state index contributed by atoms with van der Waals surface area (Å²) in [5.41, 5.74) is 2.38. The molecule has 2 aromatic rings. The van der Waals surface area contributed by atoms with Gasteiger partial charge in [0.05, 0.1) is 11.6 Å². The molecule has 0 radical (unpaired) electrons. The van der Waals surface area contributed by atoms with Crippen molar-refractivity contribution in [1.82, 2.24) is 4.98 Å². The van der Waals surface area contributed by atoms with Crippen molar-refractivity contribution in [2.75, 3.05) is 11.4 Å². The Kier molecular flexibility index (Phi) is 5.24. The number of hydrogen-bond donors (Lipinski definition) is 0. The Balaban J connectivity index is 1.90. The van der Waals surface area contributed by atoms with Crippen molar-refractivity contribution < 1.29 is 9.53 Å². The standard InChI is InChI=1S/C21H25ClN2O2/c1-14-7-9-15(10-8-14)17-6-5-11-24(17)19-13-16(12-18(22)23-19)20(25)26-21(2,3)4/h7-10,12-13,17H,5-6,11H2,1-4H3/t17-/m0/s1. The van der Waals surface area contributed by atoms with Gasteiger partial charge in [-0.1, -0.05) is 41.4 Å². The minimum absolute atomic E-state index is 0.244. The van der Waals surface area contributed by atoms with Gasteiger partial charge in [0.25, 0.3) is 0 Å². The number of aromatic nitrogens is 1. The van der Waals surface area contributed by atoms with E-state index >= 15 is 0 Å². The molecule has 26 heavy (non-hydrogen) atoms. The Bertz CT molecular complexity index is 797. The van der Waals surface area contributed by atoms with Crippen molar-refractivity contribution in [2.45, 2.75) is 52.2 Å². The van der Waals surface area contributed by atoms with Crippen LogP contribution in [0.1, 0.15) is 61.1 Å². The van der Waals surface area contributed by atoms with Crippen LogP contribution in [0, 0.1) is 6.92 Å². The second kappa shape index (κ2) is 7.28. The molecule has 5 heteroatoms. The van der Waals surface area contributed by atoms with E-state index in [2.05, 4.69) is 41.1 Å². The van der Waals surface area contributed by atoms with E-state index in [1.54, 1.807) is 12.1 Å². The zero-order valence-electron chi connectivity index (χ0n) is 15.8. The summed E-state index contributed by atoms with van der Waals surface area (Å²) in [6, 6.07) is 12.2. The molecule has 138 valence electrons. The third kappa shape index (κ3) is 4.36. The van der Waals surface area contributed by atoms with Crippen LogP contribution in [0.25, 0.3) is 0 Å². The molecule has 1 aliphatic heterocycles. The third-order valence-electron chi connectivity index (χ3n) is 4.42. The number of hydrogen-bond acceptors (Lipinski definition) is 4. The van der Waals surface area contributed by atoms with Crippen LogP contribution < -0.4 is 4.90 Å². The van der Waals surface area contributed by atoms with Crippen LogP contribution in [0.4, 0.5) is 5.82 Å². The lowest BCUT2D eigenvalue weighted by Crippen LogP contribution is -2.26. The molecular formula is C21H25ClN2O2. The monoisotopic (exact) mass is 372 g/mol. The number of pyridine rings is 1. The molecule has 0 spiro atoms. The summed E-state index contributed by atoms with van der Waals surface area (Å²) in [5, 5.41) is 0.304. The normalized spacial score (nSPS) is 17.4. The number of benzene rings is 1. The molecule has 2 heterocycles. The third-order valence-corrected chi connectivity index (χ3v) is 4.62. The van der Waals surface area contributed by atoms with E-state index in [4.69, 9.17) is 16.3 Å². The fourth-order valence-corrected chi connectivity index (χ4v) is 3.47. The highest BCUT2D eigenvalue weighted by Gasteiger charge is 2.28. The van der Waals surface area contributed by atoms with E-state index < -0.39 is 5.60 Å². The maximum absolute atomic E-state index is 12.4. The second-order valence-electron chi connectivity index (χ2n) is 7.80. The highest BCUT2D eigenvalue weighted by atomic mass is 35.5. The molecule has 0 N–H and O–H groups in total. The molecule has 0 aliphatic carbocycles. The summed E-state index contributed by atoms with van der Waals surface area (Å²) in [5.74, 6) is 0.343.